The molecule has 0 aliphatic carbocycles. The van der Waals surface area contributed by atoms with Crippen LogP contribution in [-0.4, -0.2) is 50.7 Å². The highest BCUT2D eigenvalue weighted by molar-refractivity contribution is 5.14. The summed E-state index contributed by atoms with van der Waals surface area (Å²) >= 11 is 0. The number of likely N-dealkylation sites (tertiary alicyclic amines) is 1. The molecule has 1 aromatic carbocycles. The molecule has 2 aliphatic heterocycles. The molecule has 2 unspecified atom stereocenters. The zero-order valence-electron chi connectivity index (χ0n) is 15.6. The Hall–Kier alpha value is -0.940. The Morgan fingerprint density at radius 2 is 2.04 bits per heavy atom. The summed E-state index contributed by atoms with van der Waals surface area (Å²) in [6, 6.07) is 10.8. The fourth-order valence-electron chi connectivity index (χ4n) is 3.92. The molecule has 0 bridgehead atoms. The van der Waals surface area contributed by atoms with Crippen LogP contribution < -0.4 is 0 Å². The highest BCUT2D eigenvalue weighted by Gasteiger charge is 2.31. The number of hydrogen-bond acceptors (Lipinski definition) is 4. The molecular formula is C21H33NO3. The average molecular weight is 347 g/mol. The van der Waals surface area contributed by atoms with E-state index in [1.807, 2.05) is 0 Å². The molecule has 0 saturated carbocycles. The number of benzene rings is 1. The minimum Gasteiger partial charge on any atom is -0.378 e. The van der Waals surface area contributed by atoms with Crippen LogP contribution >= 0.6 is 0 Å². The molecule has 0 radical (unpaired) electrons. The first-order chi connectivity index (χ1) is 12.2. The summed E-state index contributed by atoms with van der Waals surface area (Å²) in [5.74, 6) is 0. The van der Waals surface area contributed by atoms with Crippen LogP contribution in [-0.2, 0) is 20.8 Å². The second-order valence-corrected chi connectivity index (χ2v) is 7.83. The van der Waals surface area contributed by atoms with E-state index in [1.54, 1.807) is 0 Å². The Labute approximate surface area is 152 Å². The molecule has 1 aromatic rings. The first kappa shape index (κ1) is 18.8. The highest BCUT2D eigenvalue weighted by atomic mass is 16.7. The molecule has 0 spiro atoms. The average Bonchev–Trinajstić information content (AvgIpc) is 2.63. The van der Waals surface area contributed by atoms with Gasteiger partial charge < -0.3 is 14.2 Å². The lowest BCUT2D eigenvalue weighted by Gasteiger charge is -2.40. The molecule has 2 heterocycles. The number of piperidine rings is 1. The van der Waals surface area contributed by atoms with Crippen LogP contribution in [0, 0.1) is 5.41 Å². The molecule has 2 saturated heterocycles. The summed E-state index contributed by atoms with van der Waals surface area (Å²) in [4.78, 5) is 2.56. The number of nitrogens with zero attached hydrogens (tertiary/aromatic N) is 1. The number of ether oxygens (including phenoxy) is 3. The van der Waals surface area contributed by atoms with Crippen molar-refractivity contribution in [2.75, 3.05) is 39.5 Å². The number of rotatable bonds is 8. The van der Waals surface area contributed by atoms with Crippen LogP contribution in [0.3, 0.4) is 0 Å². The van der Waals surface area contributed by atoms with Crippen LogP contribution in [0.15, 0.2) is 30.3 Å². The summed E-state index contributed by atoms with van der Waals surface area (Å²) in [6.45, 7) is 8.63. The lowest BCUT2D eigenvalue weighted by Crippen LogP contribution is -2.43. The smallest absolute Gasteiger partial charge is 0.157 e. The molecule has 2 aliphatic rings. The molecule has 25 heavy (non-hydrogen) atoms. The second kappa shape index (κ2) is 9.67. The molecule has 0 N–H and O–H groups in total. The van der Waals surface area contributed by atoms with Gasteiger partial charge in [-0.1, -0.05) is 37.3 Å². The quantitative estimate of drug-likeness (QED) is 0.669. The summed E-state index contributed by atoms with van der Waals surface area (Å²) in [6.07, 6.45) is 5.87. The first-order valence-electron chi connectivity index (χ1n) is 9.81. The first-order valence-corrected chi connectivity index (χ1v) is 9.81. The van der Waals surface area contributed by atoms with Gasteiger partial charge >= 0.3 is 0 Å². The zero-order chi connectivity index (χ0) is 17.4. The van der Waals surface area contributed by atoms with Gasteiger partial charge in [0.15, 0.2) is 6.29 Å². The monoisotopic (exact) mass is 347 g/mol. The maximum Gasteiger partial charge on any atom is 0.157 e. The van der Waals surface area contributed by atoms with E-state index in [0.717, 1.165) is 39.1 Å². The molecular weight excluding hydrogens is 314 g/mol. The summed E-state index contributed by atoms with van der Waals surface area (Å²) < 4.78 is 17.3. The van der Waals surface area contributed by atoms with E-state index < -0.39 is 0 Å². The van der Waals surface area contributed by atoms with Gasteiger partial charge in [-0.2, -0.15) is 0 Å². The topological polar surface area (TPSA) is 30.9 Å². The van der Waals surface area contributed by atoms with Gasteiger partial charge in [0.05, 0.1) is 19.8 Å². The van der Waals surface area contributed by atoms with Crippen molar-refractivity contribution in [3.05, 3.63) is 35.9 Å². The van der Waals surface area contributed by atoms with Crippen molar-refractivity contribution in [1.29, 1.82) is 0 Å². The Kier molecular flexibility index (Phi) is 7.29. The third-order valence-electron chi connectivity index (χ3n) is 5.23. The van der Waals surface area contributed by atoms with Crippen molar-refractivity contribution < 1.29 is 14.2 Å². The molecule has 0 amide bonds. The van der Waals surface area contributed by atoms with Gasteiger partial charge in [0.1, 0.15) is 0 Å². The molecule has 3 rings (SSSR count). The fraction of sp³-hybridized carbons (Fsp3) is 0.714. The maximum absolute atomic E-state index is 5.96. The lowest BCUT2D eigenvalue weighted by molar-refractivity contribution is -0.170. The Balaban J connectivity index is 1.34. The molecule has 4 nitrogen and oxygen atoms in total. The van der Waals surface area contributed by atoms with Crippen molar-refractivity contribution in [2.24, 2.45) is 5.41 Å². The van der Waals surface area contributed by atoms with Crippen LogP contribution in [0.25, 0.3) is 0 Å². The third-order valence-corrected chi connectivity index (χ3v) is 5.23. The molecule has 4 heteroatoms. The van der Waals surface area contributed by atoms with Crippen LogP contribution in [0.5, 0.6) is 0 Å². The minimum absolute atomic E-state index is 0.0102. The SMILES string of the molecule is CC1(COCCOC2CCCCO2)CCCN(Cc2ccccc2)C1. The van der Waals surface area contributed by atoms with Gasteiger partial charge in [-0.25, -0.2) is 0 Å². The van der Waals surface area contributed by atoms with Crippen LogP contribution in [0.1, 0.15) is 44.6 Å². The van der Waals surface area contributed by atoms with Crippen molar-refractivity contribution in [3.8, 4) is 0 Å². The Bertz CT molecular complexity index is 489. The fourth-order valence-corrected chi connectivity index (χ4v) is 3.92. The van der Waals surface area contributed by atoms with E-state index in [2.05, 4.69) is 42.2 Å². The molecule has 2 atom stereocenters. The Morgan fingerprint density at radius 3 is 2.84 bits per heavy atom. The van der Waals surface area contributed by atoms with Gasteiger partial charge in [0.25, 0.3) is 0 Å². The van der Waals surface area contributed by atoms with Crippen LogP contribution in [0.2, 0.25) is 0 Å². The third kappa shape index (κ3) is 6.37. The van der Waals surface area contributed by atoms with Crippen molar-refractivity contribution in [3.63, 3.8) is 0 Å². The summed E-state index contributed by atoms with van der Waals surface area (Å²) in [5, 5.41) is 0. The minimum atomic E-state index is -0.0102. The van der Waals surface area contributed by atoms with E-state index >= 15 is 0 Å². The van der Waals surface area contributed by atoms with E-state index in [-0.39, 0.29) is 11.7 Å². The van der Waals surface area contributed by atoms with E-state index in [1.165, 1.54) is 31.4 Å². The van der Waals surface area contributed by atoms with Gasteiger partial charge in [0.2, 0.25) is 0 Å². The van der Waals surface area contributed by atoms with E-state index in [4.69, 9.17) is 14.2 Å². The molecule has 140 valence electrons. The van der Waals surface area contributed by atoms with Crippen molar-refractivity contribution in [2.45, 2.75) is 51.9 Å². The van der Waals surface area contributed by atoms with Crippen LogP contribution in [0.4, 0.5) is 0 Å². The van der Waals surface area contributed by atoms with Gasteiger partial charge in [-0.3, -0.25) is 4.90 Å². The Morgan fingerprint density at radius 1 is 1.16 bits per heavy atom. The second-order valence-electron chi connectivity index (χ2n) is 7.83. The van der Waals surface area contributed by atoms with Crippen molar-refractivity contribution >= 4 is 0 Å². The summed E-state index contributed by atoms with van der Waals surface area (Å²) in [5.41, 5.74) is 1.64. The normalized spacial score (nSPS) is 28.1. The lowest BCUT2D eigenvalue weighted by atomic mass is 9.82. The molecule has 2 fully saturated rings. The highest BCUT2D eigenvalue weighted by Crippen LogP contribution is 2.30. The predicted octanol–water partition coefficient (Wildman–Crippen LogP) is 3.85. The van der Waals surface area contributed by atoms with Gasteiger partial charge in [0, 0.05) is 25.1 Å². The molecule has 0 aromatic heterocycles. The summed E-state index contributed by atoms with van der Waals surface area (Å²) in [7, 11) is 0. The van der Waals surface area contributed by atoms with Gasteiger partial charge in [-0.15, -0.1) is 0 Å². The zero-order valence-corrected chi connectivity index (χ0v) is 15.6. The largest absolute Gasteiger partial charge is 0.378 e. The van der Waals surface area contributed by atoms with E-state index in [0.29, 0.717) is 13.2 Å². The predicted molar refractivity (Wildman–Crippen MR) is 99.4 cm³/mol. The number of hydrogen-bond donors (Lipinski definition) is 0. The maximum atomic E-state index is 5.96. The van der Waals surface area contributed by atoms with Gasteiger partial charge in [-0.05, 0) is 44.2 Å². The van der Waals surface area contributed by atoms with E-state index in [9.17, 15) is 0 Å². The standard InChI is InChI=1S/C21H33NO3/c1-21(18-23-14-15-25-20-10-5-6-13-24-20)11-7-12-22(17-21)16-19-8-3-2-4-9-19/h2-4,8-9,20H,5-7,10-18H2,1H3. The van der Waals surface area contributed by atoms with Crippen molar-refractivity contribution in [1.82, 2.24) is 4.90 Å².